The molecule has 0 aromatic carbocycles. The minimum atomic E-state index is -0.250. The van der Waals surface area contributed by atoms with Gasteiger partial charge in [-0.15, -0.1) is 0 Å². The molecule has 0 aromatic rings. The Kier molecular flexibility index (Phi) is 9.67. The summed E-state index contributed by atoms with van der Waals surface area (Å²) in [6.45, 7) is 7.40. The van der Waals surface area contributed by atoms with Crippen molar-refractivity contribution in [2.24, 2.45) is 5.92 Å². The second-order valence-corrected chi connectivity index (χ2v) is 5.27. The summed E-state index contributed by atoms with van der Waals surface area (Å²) in [6.07, 6.45) is 7.27. The summed E-state index contributed by atoms with van der Waals surface area (Å²) in [4.78, 5) is 10.9. The van der Waals surface area contributed by atoms with Gasteiger partial charge in [-0.05, 0) is 25.3 Å². The highest BCUT2D eigenvalue weighted by Crippen LogP contribution is 2.22. The number of morpholine rings is 1. The van der Waals surface area contributed by atoms with Crippen LogP contribution in [0.1, 0.15) is 32.1 Å². The van der Waals surface area contributed by atoms with Gasteiger partial charge in [0.25, 0.3) is 6.47 Å². The van der Waals surface area contributed by atoms with Crippen LogP contribution in [0.15, 0.2) is 0 Å². The zero-order valence-corrected chi connectivity index (χ0v) is 11.9. The standard InChI is InChI=1S/C13H26N2O.CH2O2/c1-2-4-13(5-3-1)12-14-6-7-15-8-10-16-11-9-15;2-1-3/h13-14H,1-12H2;1H,(H,2,3). The van der Waals surface area contributed by atoms with Crippen molar-refractivity contribution in [1.82, 2.24) is 10.2 Å². The molecule has 1 aliphatic carbocycles. The Morgan fingerprint density at radius 3 is 2.47 bits per heavy atom. The van der Waals surface area contributed by atoms with E-state index >= 15 is 0 Å². The molecule has 0 bridgehead atoms. The monoisotopic (exact) mass is 272 g/mol. The fraction of sp³-hybridized carbons (Fsp3) is 0.929. The molecule has 0 radical (unpaired) electrons. The molecule has 1 aliphatic heterocycles. The second-order valence-electron chi connectivity index (χ2n) is 5.27. The van der Waals surface area contributed by atoms with Crippen LogP contribution >= 0.6 is 0 Å². The van der Waals surface area contributed by atoms with Crippen LogP contribution in [0.5, 0.6) is 0 Å². The number of hydrogen-bond acceptors (Lipinski definition) is 4. The van der Waals surface area contributed by atoms with Gasteiger partial charge in [-0.3, -0.25) is 9.69 Å². The minimum absolute atomic E-state index is 0.250. The molecule has 2 aliphatic rings. The van der Waals surface area contributed by atoms with Gasteiger partial charge in [0.15, 0.2) is 0 Å². The predicted octanol–water partition coefficient (Wildman–Crippen LogP) is 1.19. The number of ether oxygens (including phenoxy) is 1. The molecule has 0 aromatic heterocycles. The molecule has 2 rings (SSSR count). The topological polar surface area (TPSA) is 61.8 Å². The van der Waals surface area contributed by atoms with E-state index in [9.17, 15) is 0 Å². The molecular weight excluding hydrogens is 244 g/mol. The maximum Gasteiger partial charge on any atom is 0.290 e. The van der Waals surface area contributed by atoms with Crippen molar-refractivity contribution >= 4 is 6.47 Å². The van der Waals surface area contributed by atoms with Gasteiger partial charge >= 0.3 is 0 Å². The number of nitrogens with one attached hydrogen (secondary N) is 1. The minimum Gasteiger partial charge on any atom is -0.483 e. The van der Waals surface area contributed by atoms with Crippen molar-refractivity contribution in [1.29, 1.82) is 0 Å². The third-order valence-corrected chi connectivity index (χ3v) is 3.87. The number of carbonyl (C=O) groups is 1. The Bertz CT molecular complexity index is 195. The molecule has 0 atom stereocenters. The predicted molar refractivity (Wildman–Crippen MR) is 75.4 cm³/mol. The summed E-state index contributed by atoms with van der Waals surface area (Å²) >= 11 is 0. The zero-order chi connectivity index (χ0) is 13.8. The van der Waals surface area contributed by atoms with Crippen LogP contribution in [-0.2, 0) is 9.53 Å². The zero-order valence-electron chi connectivity index (χ0n) is 11.9. The summed E-state index contributed by atoms with van der Waals surface area (Å²) in [7, 11) is 0. The first kappa shape index (κ1) is 16.4. The maximum absolute atomic E-state index is 8.36. The lowest BCUT2D eigenvalue weighted by Gasteiger charge is -2.27. The molecule has 0 spiro atoms. The average Bonchev–Trinajstić information content (AvgIpc) is 2.47. The fourth-order valence-corrected chi connectivity index (χ4v) is 2.76. The first-order valence-corrected chi connectivity index (χ1v) is 7.45. The summed E-state index contributed by atoms with van der Waals surface area (Å²) in [6, 6.07) is 0. The number of hydrogen-bond donors (Lipinski definition) is 2. The van der Waals surface area contributed by atoms with Gasteiger partial charge in [0, 0.05) is 26.2 Å². The molecule has 2 N–H and O–H groups in total. The van der Waals surface area contributed by atoms with E-state index < -0.39 is 0 Å². The van der Waals surface area contributed by atoms with Crippen molar-refractivity contribution in [2.75, 3.05) is 45.9 Å². The van der Waals surface area contributed by atoms with Crippen LogP contribution in [0.3, 0.4) is 0 Å². The van der Waals surface area contributed by atoms with Crippen molar-refractivity contribution < 1.29 is 14.6 Å². The van der Waals surface area contributed by atoms with E-state index in [1.165, 1.54) is 45.2 Å². The van der Waals surface area contributed by atoms with Crippen LogP contribution in [0.4, 0.5) is 0 Å². The number of rotatable bonds is 5. The third kappa shape index (κ3) is 8.18. The van der Waals surface area contributed by atoms with Gasteiger partial charge in [0.2, 0.25) is 0 Å². The Hall–Kier alpha value is -0.650. The highest BCUT2D eigenvalue weighted by atomic mass is 16.5. The van der Waals surface area contributed by atoms with Gasteiger partial charge in [-0.25, -0.2) is 0 Å². The number of carboxylic acid groups (broad SMARTS) is 1. The SMILES string of the molecule is C1CCC(CNCCN2CCOCC2)CC1.O=CO. The lowest BCUT2D eigenvalue weighted by atomic mass is 9.89. The molecule has 5 heteroatoms. The highest BCUT2D eigenvalue weighted by Gasteiger charge is 2.13. The molecule has 1 heterocycles. The van der Waals surface area contributed by atoms with Gasteiger partial charge in [0.05, 0.1) is 13.2 Å². The molecule has 1 saturated carbocycles. The largest absolute Gasteiger partial charge is 0.483 e. The molecule has 112 valence electrons. The van der Waals surface area contributed by atoms with Crippen molar-refractivity contribution in [3.05, 3.63) is 0 Å². The normalized spacial score (nSPS) is 21.5. The number of nitrogens with zero attached hydrogens (tertiary/aromatic N) is 1. The first-order valence-electron chi connectivity index (χ1n) is 7.45. The molecular formula is C14H28N2O3. The third-order valence-electron chi connectivity index (χ3n) is 3.87. The van der Waals surface area contributed by atoms with Crippen LogP contribution < -0.4 is 5.32 Å². The Labute approximate surface area is 116 Å². The van der Waals surface area contributed by atoms with Gasteiger partial charge in [-0.1, -0.05) is 19.3 Å². The van der Waals surface area contributed by atoms with E-state index in [2.05, 4.69) is 10.2 Å². The molecule has 1 saturated heterocycles. The molecule has 0 amide bonds. The van der Waals surface area contributed by atoms with E-state index in [4.69, 9.17) is 14.6 Å². The van der Waals surface area contributed by atoms with Gasteiger partial charge < -0.3 is 15.2 Å². The molecule has 2 fully saturated rings. The second kappa shape index (κ2) is 11.2. The summed E-state index contributed by atoms with van der Waals surface area (Å²) in [5.41, 5.74) is 0. The van der Waals surface area contributed by atoms with Gasteiger partial charge in [-0.2, -0.15) is 0 Å². The van der Waals surface area contributed by atoms with Crippen LogP contribution in [0.25, 0.3) is 0 Å². The van der Waals surface area contributed by atoms with E-state index in [1.54, 1.807) is 0 Å². The Balaban J connectivity index is 0.000000550. The van der Waals surface area contributed by atoms with Crippen LogP contribution in [-0.4, -0.2) is 62.4 Å². The van der Waals surface area contributed by atoms with Crippen LogP contribution in [0.2, 0.25) is 0 Å². The van der Waals surface area contributed by atoms with Crippen molar-refractivity contribution in [3.63, 3.8) is 0 Å². The lowest BCUT2D eigenvalue weighted by Crippen LogP contribution is -2.41. The maximum atomic E-state index is 8.36. The fourth-order valence-electron chi connectivity index (χ4n) is 2.76. The van der Waals surface area contributed by atoms with E-state index in [-0.39, 0.29) is 6.47 Å². The van der Waals surface area contributed by atoms with Crippen LogP contribution in [0, 0.1) is 5.92 Å². The van der Waals surface area contributed by atoms with Crippen molar-refractivity contribution in [2.45, 2.75) is 32.1 Å². The summed E-state index contributed by atoms with van der Waals surface area (Å²) in [5, 5.41) is 10.5. The first-order chi connectivity index (χ1) is 9.36. The quantitative estimate of drug-likeness (QED) is 0.581. The Morgan fingerprint density at radius 2 is 1.84 bits per heavy atom. The lowest BCUT2D eigenvalue weighted by molar-refractivity contribution is -0.122. The van der Waals surface area contributed by atoms with E-state index in [1.807, 2.05) is 0 Å². The Morgan fingerprint density at radius 1 is 1.21 bits per heavy atom. The molecule has 5 nitrogen and oxygen atoms in total. The van der Waals surface area contributed by atoms with E-state index in [0.29, 0.717) is 0 Å². The smallest absolute Gasteiger partial charge is 0.290 e. The van der Waals surface area contributed by atoms with Gasteiger partial charge in [0.1, 0.15) is 0 Å². The summed E-state index contributed by atoms with van der Waals surface area (Å²) in [5.74, 6) is 0.957. The summed E-state index contributed by atoms with van der Waals surface area (Å²) < 4.78 is 5.34. The molecule has 0 unspecified atom stereocenters. The van der Waals surface area contributed by atoms with E-state index in [0.717, 1.165) is 38.8 Å². The highest BCUT2D eigenvalue weighted by molar-refractivity contribution is 5.32. The van der Waals surface area contributed by atoms with Crippen molar-refractivity contribution in [3.8, 4) is 0 Å². The molecule has 19 heavy (non-hydrogen) atoms. The average molecular weight is 272 g/mol.